The molecule has 11 heteroatoms. The van der Waals surface area contributed by atoms with Crippen LogP contribution in [0.5, 0.6) is 5.75 Å². The Labute approximate surface area is 186 Å². The smallest absolute Gasteiger partial charge is 0.417 e. The van der Waals surface area contributed by atoms with Gasteiger partial charge in [-0.2, -0.15) is 13.2 Å². The van der Waals surface area contributed by atoms with Crippen molar-refractivity contribution in [1.29, 1.82) is 0 Å². The number of halogens is 3. The molecule has 0 aromatic carbocycles. The number of nitrogens with one attached hydrogen (secondary N) is 1. The Kier molecular flexibility index (Phi) is 6.00. The largest absolute Gasteiger partial charge is 0.489 e. The average Bonchev–Trinajstić information content (AvgIpc) is 3.37. The van der Waals surface area contributed by atoms with Crippen molar-refractivity contribution in [1.82, 2.24) is 15.0 Å². The number of hydrogen-bond donors (Lipinski definition) is 1. The molecule has 0 spiro atoms. The molecule has 1 fully saturated rings. The highest BCUT2D eigenvalue weighted by Crippen LogP contribution is 2.37. The highest BCUT2D eigenvalue weighted by molar-refractivity contribution is 7.14. The minimum Gasteiger partial charge on any atom is -0.489 e. The predicted molar refractivity (Wildman–Crippen MR) is 115 cm³/mol. The van der Waals surface area contributed by atoms with Gasteiger partial charge in [0, 0.05) is 24.5 Å². The fourth-order valence-electron chi connectivity index (χ4n) is 3.24. The molecule has 1 aliphatic rings. The van der Waals surface area contributed by atoms with Gasteiger partial charge in [-0.05, 0) is 38.5 Å². The zero-order chi connectivity index (χ0) is 22.9. The van der Waals surface area contributed by atoms with Crippen molar-refractivity contribution in [2.24, 2.45) is 0 Å². The summed E-state index contributed by atoms with van der Waals surface area (Å²) in [5, 5.41) is 5.16. The van der Waals surface area contributed by atoms with Gasteiger partial charge in [0.25, 0.3) is 0 Å². The third kappa shape index (κ3) is 4.82. The van der Waals surface area contributed by atoms with E-state index in [2.05, 4.69) is 20.3 Å². The zero-order valence-corrected chi connectivity index (χ0v) is 18.1. The number of anilines is 3. The number of ether oxygens (including phenoxy) is 1. The van der Waals surface area contributed by atoms with Gasteiger partial charge in [0.1, 0.15) is 11.4 Å². The molecule has 0 aliphatic carbocycles. The van der Waals surface area contributed by atoms with Crippen LogP contribution in [0.2, 0.25) is 0 Å². The second kappa shape index (κ2) is 8.73. The second-order valence-corrected chi connectivity index (χ2v) is 8.31. The fourth-order valence-corrected chi connectivity index (χ4v) is 3.94. The van der Waals surface area contributed by atoms with Crippen molar-refractivity contribution in [3.8, 4) is 17.1 Å². The van der Waals surface area contributed by atoms with Crippen LogP contribution in [0.15, 0.2) is 36.0 Å². The molecule has 1 aliphatic heterocycles. The molecule has 0 saturated carbocycles. The maximum Gasteiger partial charge on any atom is 0.417 e. The Morgan fingerprint density at radius 2 is 2.00 bits per heavy atom. The highest BCUT2D eigenvalue weighted by Gasteiger charge is 2.34. The molecule has 168 valence electrons. The molecular formula is C21H20F3N5O2S. The van der Waals surface area contributed by atoms with Crippen LogP contribution in [-0.4, -0.2) is 33.5 Å². The Bertz CT molecular complexity index is 1120. The van der Waals surface area contributed by atoms with Crippen LogP contribution >= 0.6 is 11.3 Å². The third-order valence-corrected chi connectivity index (χ3v) is 5.42. The molecule has 1 N–H and O–H groups in total. The van der Waals surface area contributed by atoms with Crippen LogP contribution in [0.4, 0.5) is 29.8 Å². The maximum absolute atomic E-state index is 13.2. The summed E-state index contributed by atoms with van der Waals surface area (Å²) in [4.78, 5) is 26.3. The molecule has 0 radical (unpaired) electrons. The van der Waals surface area contributed by atoms with Crippen LogP contribution in [-0.2, 0) is 11.0 Å². The number of amides is 1. The number of rotatable bonds is 6. The number of hydrogen-bond acceptors (Lipinski definition) is 7. The van der Waals surface area contributed by atoms with Crippen LogP contribution in [0.3, 0.4) is 0 Å². The van der Waals surface area contributed by atoms with Gasteiger partial charge < -0.3 is 15.0 Å². The van der Waals surface area contributed by atoms with Crippen molar-refractivity contribution in [3.63, 3.8) is 0 Å². The van der Waals surface area contributed by atoms with Crippen molar-refractivity contribution >= 4 is 33.9 Å². The molecule has 3 aromatic rings. The normalized spacial score (nSPS) is 14.3. The lowest BCUT2D eigenvalue weighted by Crippen LogP contribution is -2.25. The summed E-state index contributed by atoms with van der Waals surface area (Å²) < 4.78 is 45.2. The number of thiazole rings is 1. The molecule has 4 rings (SSSR count). The van der Waals surface area contributed by atoms with E-state index < -0.39 is 11.7 Å². The van der Waals surface area contributed by atoms with Gasteiger partial charge >= 0.3 is 6.18 Å². The first-order chi connectivity index (χ1) is 15.2. The predicted octanol–water partition coefficient (Wildman–Crippen LogP) is 5.28. The highest BCUT2D eigenvalue weighted by atomic mass is 32.1. The lowest BCUT2D eigenvalue weighted by atomic mass is 10.2. The number of carbonyl (C=O) groups excluding carboxylic acids is 1. The lowest BCUT2D eigenvalue weighted by Gasteiger charge is -2.20. The molecule has 3 aromatic heterocycles. The Morgan fingerprint density at radius 1 is 1.19 bits per heavy atom. The molecule has 7 nitrogen and oxygen atoms in total. The van der Waals surface area contributed by atoms with Crippen molar-refractivity contribution in [3.05, 3.63) is 41.5 Å². The number of aromatic nitrogens is 3. The number of carbonyl (C=O) groups is 1. The molecular weight excluding hydrogens is 443 g/mol. The van der Waals surface area contributed by atoms with Gasteiger partial charge in [-0.25, -0.2) is 9.97 Å². The first-order valence-electron chi connectivity index (χ1n) is 9.94. The Balaban J connectivity index is 1.59. The van der Waals surface area contributed by atoms with Gasteiger partial charge in [-0.1, -0.05) is 0 Å². The van der Waals surface area contributed by atoms with Gasteiger partial charge in [0.05, 0.1) is 29.2 Å². The topological polar surface area (TPSA) is 80.2 Å². The average molecular weight is 463 g/mol. The summed E-state index contributed by atoms with van der Waals surface area (Å²) in [6.45, 7) is 4.19. The quantitative estimate of drug-likeness (QED) is 0.536. The van der Waals surface area contributed by atoms with Gasteiger partial charge in [-0.15, -0.1) is 11.3 Å². The maximum atomic E-state index is 13.2. The number of pyridine rings is 2. The molecule has 0 bridgehead atoms. The lowest BCUT2D eigenvalue weighted by molar-refractivity contribution is -0.137. The van der Waals surface area contributed by atoms with Crippen LogP contribution < -0.4 is 15.0 Å². The minimum absolute atomic E-state index is 0.0330. The zero-order valence-electron chi connectivity index (χ0n) is 17.3. The minimum atomic E-state index is -4.56. The van der Waals surface area contributed by atoms with E-state index in [-0.39, 0.29) is 23.5 Å². The summed E-state index contributed by atoms with van der Waals surface area (Å²) >= 11 is 1.26. The standard InChI is InChI=1S/C21H20F3N5O2S/c1-12(2)31-14-5-6-15(25-10-14)16-11-32-20(27-16)28-19-17(29-7-3-4-18(29)30)8-13(9-26-19)21(22,23)24/h5-6,8-12H,3-4,7H2,1-2H3,(H,26,27,28). The van der Waals surface area contributed by atoms with Gasteiger partial charge in [0.15, 0.2) is 10.9 Å². The number of nitrogens with zero attached hydrogens (tertiary/aromatic N) is 4. The first kappa shape index (κ1) is 22.0. The van der Waals surface area contributed by atoms with E-state index in [0.717, 1.165) is 12.3 Å². The SMILES string of the molecule is CC(C)Oc1ccc(-c2csc(Nc3ncc(C(F)(F)F)cc3N3CCCC3=O)n2)nc1. The summed E-state index contributed by atoms with van der Waals surface area (Å²) in [7, 11) is 0. The summed E-state index contributed by atoms with van der Waals surface area (Å²) in [6.07, 6.45) is -1.30. The fraction of sp³-hybridized carbons (Fsp3) is 0.333. The molecule has 32 heavy (non-hydrogen) atoms. The first-order valence-corrected chi connectivity index (χ1v) is 10.8. The molecule has 4 heterocycles. The van der Waals surface area contributed by atoms with Crippen LogP contribution in [0.25, 0.3) is 11.4 Å². The number of alkyl halides is 3. The second-order valence-electron chi connectivity index (χ2n) is 7.45. The summed E-state index contributed by atoms with van der Waals surface area (Å²) in [5.74, 6) is 0.552. The summed E-state index contributed by atoms with van der Waals surface area (Å²) in [6, 6.07) is 4.52. The van der Waals surface area contributed by atoms with Gasteiger partial charge in [0.2, 0.25) is 5.91 Å². The molecule has 1 saturated heterocycles. The monoisotopic (exact) mass is 463 g/mol. The van der Waals surface area contributed by atoms with Crippen LogP contribution in [0, 0.1) is 0 Å². The van der Waals surface area contributed by atoms with E-state index in [1.165, 1.54) is 16.2 Å². The van der Waals surface area contributed by atoms with E-state index in [0.29, 0.717) is 41.7 Å². The Hall–Kier alpha value is -3.21. The van der Waals surface area contributed by atoms with E-state index in [4.69, 9.17) is 4.74 Å². The third-order valence-electron chi connectivity index (χ3n) is 4.66. The summed E-state index contributed by atoms with van der Waals surface area (Å²) in [5.41, 5.74) is 0.401. The Morgan fingerprint density at radius 3 is 2.62 bits per heavy atom. The van der Waals surface area contributed by atoms with E-state index in [1.807, 2.05) is 13.8 Å². The van der Waals surface area contributed by atoms with E-state index in [9.17, 15) is 18.0 Å². The molecule has 0 atom stereocenters. The van der Waals surface area contributed by atoms with Gasteiger partial charge in [-0.3, -0.25) is 9.78 Å². The van der Waals surface area contributed by atoms with Crippen molar-refractivity contribution < 1.29 is 22.7 Å². The van der Waals surface area contributed by atoms with E-state index >= 15 is 0 Å². The molecule has 0 unspecified atom stereocenters. The van der Waals surface area contributed by atoms with Crippen molar-refractivity contribution in [2.45, 2.75) is 39.0 Å². The van der Waals surface area contributed by atoms with E-state index in [1.54, 1.807) is 23.7 Å². The van der Waals surface area contributed by atoms with Crippen molar-refractivity contribution in [2.75, 3.05) is 16.8 Å². The molecule has 1 amide bonds. The van der Waals surface area contributed by atoms with Crippen LogP contribution in [0.1, 0.15) is 32.3 Å².